The lowest BCUT2D eigenvalue weighted by Crippen LogP contribution is -2.25. The van der Waals surface area contributed by atoms with Gasteiger partial charge in [0.25, 0.3) is 0 Å². The van der Waals surface area contributed by atoms with Crippen LogP contribution in [0, 0.1) is 11.8 Å². The third-order valence-electron chi connectivity index (χ3n) is 3.61. The highest BCUT2D eigenvalue weighted by atomic mass is 35.5. The van der Waals surface area contributed by atoms with Crippen molar-refractivity contribution >= 4 is 23.4 Å². The second-order valence-electron chi connectivity index (χ2n) is 4.70. The van der Waals surface area contributed by atoms with Crippen LogP contribution in [0.4, 0.5) is 0 Å². The van der Waals surface area contributed by atoms with Crippen LogP contribution in [0.2, 0.25) is 5.02 Å². The molecular weight excluding hydrogens is 268 g/mol. The monoisotopic (exact) mass is 282 g/mol. The molecule has 0 saturated heterocycles. The minimum absolute atomic E-state index is 0.144. The summed E-state index contributed by atoms with van der Waals surface area (Å²) in [5, 5.41) is 9.48. The van der Waals surface area contributed by atoms with Gasteiger partial charge in [0.2, 0.25) is 0 Å². The molecule has 2 unspecified atom stereocenters. The Labute approximate surface area is 116 Å². The first kappa shape index (κ1) is 13.9. The van der Waals surface area contributed by atoms with Gasteiger partial charge in [0.15, 0.2) is 5.78 Å². The Kier molecular flexibility index (Phi) is 4.10. The van der Waals surface area contributed by atoms with Crippen LogP contribution in [-0.2, 0) is 4.79 Å². The average molecular weight is 283 g/mol. The van der Waals surface area contributed by atoms with Gasteiger partial charge in [-0.15, -0.1) is 0 Å². The molecule has 2 atom stereocenters. The smallest absolute Gasteiger partial charge is 0.307 e. The molecule has 102 valence electrons. The van der Waals surface area contributed by atoms with Crippen molar-refractivity contribution in [1.29, 1.82) is 0 Å². The van der Waals surface area contributed by atoms with Gasteiger partial charge in [0.05, 0.1) is 18.1 Å². The molecule has 5 heteroatoms. The number of rotatable bonds is 4. The van der Waals surface area contributed by atoms with Crippen molar-refractivity contribution in [2.45, 2.75) is 19.3 Å². The molecule has 1 saturated carbocycles. The fraction of sp³-hybridized carbons (Fsp3) is 0.429. The van der Waals surface area contributed by atoms with Crippen molar-refractivity contribution in [2.75, 3.05) is 7.11 Å². The first-order valence-electron chi connectivity index (χ1n) is 6.15. The molecule has 1 fully saturated rings. The summed E-state index contributed by atoms with van der Waals surface area (Å²) in [5.74, 6) is -1.56. The number of halogens is 1. The van der Waals surface area contributed by atoms with Crippen LogP contribution >= 0.6 is 11.6 Å². The van der Waals surface area contributed by atoms with E-state index in [0.29, 0.717) is 29.2 Å². The summed E-state index contributed by atoms with van der Waals surface area (Å²) in [5.41, 5.74) is 0.448. The SMILES string of the molecule is COc1ccc(C(=O)C2CCCC2C(=O)O)cc1Cl. The summed E-state index contributed by atoms with van der Waals surface area (Å²) in [7, 11) is 1.50. The number of ketones is 1. The number of aliphatic carboxylic acids is 1. The van der Waals surface area contributed by atoms with Gasteiger partial charge in [0, 0.05) is 11.5 Å². The topological polar surface area (TPSA) is 63.6 Å². The van der Waals surface area contributed by atoms with Gasteiger partial charge in [-0.25, -0.2) is 0 Å². The van der Waals surface area contributed by atoms with E-state index in [-0.39, 0.29) is 5.78 Å². The maximum absolute atomic E-state index is 12.4. The lowest BCUT2D eigenvalue weighted by molar-refractivity contribution is -0.142. The molecule has 1 aliphatic rings. The Morgan fingerprint density at radius 2 is 2.00 bits per heavy atom. The fourth-order valence-electron chi connectivity index (χ4n) is 2.60. The van der Waals surface area contributed by atoms with Crippen molar-refractivity contribution < 1.29 is 19.4 Å². The van der Waals surface area contributed by atoms with Crippen molar-refractivity contribution in [1.82, 2.24) is 0 Å². The number of carbonyl (C=O) groups excluding carboxylic acids is 1. The number of ether oxygens (including phenoxy) is 1. The van der Waals surface area contributed by atoms with Crippen LogP contribution in [0.3, 0.4) is 0 Å². The summed E-state index contributed by atoms with van der Waals surface area (Å²) in [6, 6.07) is 4.80. The van der Waals surface area contributed by atoms with E-state index in [0.717, 1.165) is 6.42 Å². The Bertz CT molecular complexity index is 512. The molecule has 0 radical (unpaired) electrons. The molecule has 1 N–H and O–H groups in total. The number of carboxylic acid groups (broad SMARTS) is 1. The van der Waals surface area contributed by atoms with Crippen molar-refractivity contribution in [3.63, 3.8) is 0 Å². The van der Waals surface area contributed by atoms with Crippen molar-refractivity contribution in [3.05, 3.63) is 28.8 Å². The largest absolute Gasteiger partial charge is 0.495 e. The predicted molar refractivity (Wildman–Crippen MR) is 70.8 cm³/mol. The van der Waals surface area contributed by atoms with Gasteiger partial charge >= 0.3 is 5.97 Å². The molecule has 19 heavy (non-hydrogen) atoms. The first-order valence-corrected chi connectivity index (χ1v) is 6.53. The summed E-state index contributed by atoms with van der Waals surface area (Å²) in [6.45, 7) is 0. The van der Waals surface area contributed by atoms with Crippen LogP contribution < -0.4 is 4.74 Å². The summed E-state index contributed by atoms with van der Waals surface area (Å²) in [6.07, 6.45) is 1.96. The maximum Gasteiger partial charge on any atom is 0.307 e. The highest BCUT2D eigenvalue weighted by Gasteiger charge is 2.38. The molecular formula is C14H15ClO4. The van der Waals surface area contributed by atoms with Gasteiger partial charge in [-0.2, -0.15) is 0 Å². The Balaban J connectivity index is 2.24. The molecule has 2 rings (SSSR count). The number of hydrogen-bond acceptors (Lipinski definition) is 3. The van der Waals surface area contributed by atoms with E-state index < -0.39 is 17.8 Å². The molecule has 0 aliphatic heterocycles. The number of carboxylic acids is 1. The summed E-state index contributed by atoms with van der Waals surface area (Å²) < 4.78 is 5.03. The van der Waals surface area contributed by atoms with Crippen molar-refractivity contribution in [2.24, 2.45) is 11.8 Å². The number of hydrogen-bond donors (Lipinski definition) is 1. The molecule has 0 spiro atoms. The van der Waals surface area contributed by atoms with E-state index in [4.69, 9.17) is 21.4 Å². The van der Waals surface area contributed by atoms with E-state index in [2.05, 4.69) is 0 Å². The Morgan fingerprint density at radius 1 is 1.32 bits per heavy atom. The fourth-order valence-corrected chi connectivity index (χ4v) is 2.86. The predicted octanol–water partition coefficient (Wildman–Crippen LogP) is 3.03. The molecule has 0 heterocycles. The summed E-state index contributed by atoms with van der Waals surface area (Å²) >= 11 is 5.99. The number of Topliss-reactive ketones (excluding diaryl/α,β-unsaturated/α-hetero) is 1. The maximum atomic E-state index is 12.4. The average Bonchev–Trinajstić information content (AvgIpc) is 2.87. The quantitative estimate of drug-likeness (QED) is 0.862. The molecule has 1 aromatic rings. The van der Waals surface area contributed by atoms with E-state index in [9.17, 15) is 9.59 Å². The molecule has 0 aromatic heterocycles. The first-order chi connectivity index (χ1) is 9.04. The van der Waals surface area contributed by atoms with Crippen LogP contribution in [0.1, 0.15) is 29.6 Å². The van der Waals surface area contributed by atoms with Gasteiger partial charge in [0.1, 0.15) is 5.75 Å². The molecule has 1 aliphatic carbocycles. The van der Waals surface area contributed by atoms with Gasteiger partial charge < -0.3 is 9.84 Å². The van der Waals surface area contributed by atoms with Gasteiger partial charge in [-0.3, -0.25) is 9.59 Å². The normalized spacial score (nSPS) is 22.2. The second-order valence-corrected chi connectivity index (χ2v) is 5.10. The summed E-state index contributed by atoms with van der Waals surface area (Å²) in [4.78, 5) is 23.5. The zero-order valence-electron chi connectivity index (χ0n) is 10.6. The van der Waals surface area contributed by atoms with E-state index in [1.165, 1.54) is 7.11 Å². The van der Waals surface area contributed by atoms with Crippen LogP contribution in [0.5, 0.6) is 5.75 Å². The third-order valence-corrected chi connectivity index (χ3v) is 3.90. The minimum atomic E-state index is -0.893. The lowest BCUT2D eigenvalue weighted by Gasteiger charge is -2.15. The standard InChI is InChI=1S/C14H15ClO4/c1-19-12-6-5-8(7-11(12)15)13(16)9-3-2-4-10(9)14(17)18/h5-7,9-10H,2-4H2,1H3,(H,17,18). The second kappa shape index (κ2) is 5.61. The van der Waals surface area contributed by atoms with Gasteiger partial charge in [-0.05, 0) is 31.0 Å². The lowest BCUT2D eigenvalue weighted by atomic mass is 9.88. The molecule has 0 bridgehead atoms. The van der Waals surface area contributed by atoms with Crippen LogP contribution in [-0.4, -0.2) is 24.0 Å². The Morgan fingerprint density at radius 3 is 2.58 bits per heavy atom. The van der Waals surface area contributed by atoms with E-state index >= 15 is 0 Å². The van der Waals surface area contributed by atoms with Crippen LogP contribution in [0.25, 0.3) is 0 Å². The minimum Gasteiger partial charge on any atom is -0.495 e. The number of benzene rings is 1. The number of carbonyl (C=O) groups is 2. The zero-order chi connectivity index (χ0) is 14.0. The highest BCUT2D eigenvalue weighted by Crippen LogP contribution is 2.35. The zero-order valence-corrected chi connectivity index (χ0v) is 11.3. The molecule has 0 amide bonds. The number of methoxy groups -OCH3 is 1. The Hall–Kier alpha value is -1.55. The molecule has 1 aromatic carbocycles. The third kappa shape index (κ3) is 2.73. The van der Waals surface area contributed by atoms with E-state index in [1.54, 1.807) is 18.2 Å². The highest BCUT2D eigenvalue weighted by molar-refractivity contribution is 6.32. The molecule has 4 nitrogen and oxygen atoms in total. The van der Waals surface area contributed by atoms with Gasteiger partial charge in [-0.1, -0.05) is 18.0 Å². The van der Waals surface area contributed by atoms with Crippen molar-refractivity contribution in [3.8, 4) is 5.75 Å². The van der Waals surface area contributed by atoms with Crippen LogP contribution in [0.15, 0.2) is 18.2 Å². The van der Waals surface area contributed by atoms with E-state index in [1.807, 2.05) is 0 Å².